The van der Waals surface area contributed by atoms with Gasteiger partial charge in [-0.05, 0) is 74.4 Å². The molecule has 2 aliphatic carbocycles. The van der Waals surface area contributed by atoms with Crippen LogP contribution in [0.4, 0.5) is 0 Å². The van der Waals surface area contributed by atoms with Crippen LogP contribution >= 0.6 is 0 Å². The van der Waals surface area contributed by atoms with Gasteiger partial charge in [-0.2, -0.15) is 0 Å². The quantitative estimate of drug-likeness (QED) is 0.456. The van der Waals surface area contributed by atoms with Crippen LogP contribution in [0.5, 0.6) is 11.5 Å². The Balaban J connectivity index is 1.43. The molecule has 2 N–H and O–H groups in total. The number of rotatable bonds is 5. The molecule has 1 saturated carbocycles. The first-order valence-electron chi connectivity index (χ1n) is 14.2. The van der Waals surface area contributed by atoms with Gasteiger partial charge in [0, 0.05) is 36.2 Å². The van der Waals surface area contributed by atoms with Gasteiger partial charge >= 0.3 is 0 Å². The molecule has 1 amide bonds. The van der Waals surface area contributed by atoms with Crippen LogP contribution in [0.3, 0.4) is 0 Å². The fraction of sp³-hybridized carbons (Fsp3) is 0.485. The van der Waals surface area contributed by atoms with Crippen molar-refractivity contribution in [2.24, 2.45) is 5.92 Å². The summed E-state index contributed by atoms with van der Waals surface area (Å²) in [7, 11) is 0. The monoisotopic (exact) mass is 526 g/mol. The first kappa shape index (κ1) is 26.0. The van der Waals surface area contributed by atoms with E-state index in [2.05, 4.69) is 37.2 Å². The number of likely N-dealkylation sites (tertiary alicyclic amines) is 1. The number of carbonyl (C=O) groups is 1. The Labute approximate surface area is 231 Å². The van der Waals surface area contributed by atoms with Crippen molar-refractivity contribution in [3.8, 4) is 23.3 Å². The van der Waals surface area contributed by atoms with Gasteiger partial charge < -0.3 is 19.8 Å². The fourth-order valence-corrected chi connectivity index (χ4v) is 7.99. The highest BCUT2D eigenvalue weighted by atomic mass is 16.5. The molecule has 39 heavy (non-hydrogen) atoms. The number of carbonyl (C=O) groups excluding carboxylic acids is 1. The highest BCUT2D eigenvalue weighted by Crippen LogP contribution is 2.65. The molecule has 5 atom stereocenters. The number of amides is 1. The summed E-state index contributed by atoms with van der Waals surface area (Å²) >= 11 is 0. The molecule has 4 aliphatic rings. The topological polar surface area (TPSA) is 73.2 Å². The lowest BCUT2D eigenvalue weighted by Crippen LogP contribution is -2.78. The highest BCUT2D eigenvalue weighted by Gasteiger charge is 2.73. The number of hydrogen-bond acceptors (Lipinski definition) is 5. The summed E-state index contributed by atoms with van der Waals surface area (Å²) in [6.07, 6.45) is 4.00. The van der Waals surface area contributed by atoms with E-state index in [0.717, 1.165) is 28.8 Å². The zero-order valence-corrected chi connectivity index (χ0v) is 23.1. The molecule has 2 fully saturated rings. The average Bonchev–Trinajstić information content (AvgIpc) is 3.25. The lowest BCUT2D eigenvalue weighted by atomic mass is 9.48. The van der Waals surface area contributed by atoms with Crippen molar-refractivity contribution in [3.63, 3.8) is 0 Å². The molecule has 2 aliphatic heterocycles. The number of phenolic OH excluding ortho intramolecular Hbond substituents is 1. The van der Waals surface area contributed by atoms with Gasteiger partial charge in [0.15, 0.2) is 11.5 Å². The van der Waals surface area contributed by atoms with Gasteiger partial charge in [0.25, 0.3) is 5.91 Å². The van der Waals surface area contributed by atoms with Crippen molar-refractivity contribution >= 4 is 5.91 Å². The summed E-state index contributed by atoms with van der Waals surface area (Å²) < 4.78 is 6.68. The number of aliphatic hydroxyl groups is 1. The maximum atomic E-state index is 13.8. The fourth-order valence-electron chi connectivity index (χ4n) is 7.99. The third-order valence-electron chi connectivity index (χ3n) is 9.46. The minimum absolute atomic E-state index is 0.0744. The number of piperidine rings is 1. The van der Waals surface area contributed by atoms with Gasteiger partial charge in [0.05, 0.1) is 17.1 Å². The van der Waals surface area contributed by atoms with Crippen LogP contribution in [0.15, 0.2) is 49.1 Å². The van der Waals surface area contributed by atoms with Gasteiger partial charge in [-0.15, -0.1) is 6.58 Å². The number of hydrogen-bond donors (Lipinski definition) is 2. The largest absolute Gasteiger partial charge is 0.504 e. The number of benzene rings is 2. The Morgan fingerprint density at radius 1 is 1.31 bits per heavy atom. The molecule has 6 nitrogen and oxygen atoms in total. The molecule has 6 heteroatoms. The van der Waals surface area contributed by atoms with Crippen LogP contribution in [-0.4, -0.2) is 69.3 Å². The van der Waals surface area contributed by atoms with Gasteiger partial charge in [-0.1, -0.05) is 44.0 Å². The van der Waals surface area contributed by atoms with Crippen LogP contribution in [0, 0.1) is 24.7 Å². The molecular weight excluding hydrogens is 488 g/mol. The van der Waals surface area contributed by atoms with E-state index < -0.39 is 17.1 Å². The minimum atomic E-state index is -1.03. The first-order valence-corrected chi connectivity index (χ1v) is 14.2. The molecule has 204 valence electrons. The number of aromatic hydroxyl groups is 1. The van der Waals surface area contributed by atoms with Crippen LogP contribution in [0.2, 0.25) is 0 Å². The summed E-state index contributed by atoms with van der Waals surface area (Å²) in [6, 6.07) is 11.2. The van der Waals surface area contributed by atoms with Crippen molar-refractivity contribution in [3.05, 3.63) is 71.3 Å². The summed E-state index contributed by atoms with van der Waals surface area (Å²) in [4.78, 5) is 18.0. The van der Waals surface area contributed by atoms with Crippen molar-refractivity contribution in [2.75, 3.05) is 19.6 Å². The predicted octanol–water partition coefficient (Wildman–Crippen LogP) is 3.95. The van der Waals surface area contributed by atoms with Gasteiger partial charge in [-0.25, -0.2) is 0 Å². The second kappa shape index (κ2) is 9.43. The summed E-state index contributed by atoms with van der Waals surface area (Å²) in [5.41, 5.74) is 2.27. The summed E-state index contributed by atoms with van der Waals surface area (Å²) in [6.45, 7) is 12.2. The molecule has 0 aromatic heterocycles. The molecule has 2 heterocycles. The minimum Gasteiger partial charge on any atom is -0.504 e. The van der Waals surface area contributed by atoms with Crippen molar-refractivity contribution in [1.82, 2.24) is 9.80 Å². The van der Waals surface area contributed by atoms with E-state index >= 15 is 0 Å². The summed E-state index contributed by atoms with van der Waals surface area (Å²) in [5.74, 6) is 6.59. The van der Waals surface area contributed by atoms with Crippen molar-refractivity contribution in [2.45, 2.75) is 75.7 Å². The van der Waals surface area contributed by atoms with Crippen LogP contribution in [-0.2, 0) is 16.6 Å². The van der Waals surface area contributed by atoms with Gasteiger partial charge in [0.2, 0.25) is 0 Å². The Morgan fingerprint density at radius 3 is 2.87 bits per heavy atom. The Kier molecular flexibility index (Phi) is 6.28. The Bertz CT molecular complexity index is 1390. The van der Waals surface area contributed by atoms with E-state index in [0.29, 0.717) is 44.5 Å². The maximum absolute atomic E-state index is 13.8. The lowest BCUT2D eigenvalue weighted by molar-refractivity contribution is -0.199. The Hall–Kier alpha value is -3.27. The van der Waals surface area contributed by atoms with Crippen LogP contribution in [0.25, 0.3) is 0 Å². The van der Waals surface area contributed by atoms with Crippen molar-refractivity contribution in [1.29, 1.82) is 0 Å². The molecule has 2 aromatic rings. The lowest BCUT2D eigenvalue weighted by Gasteiger charge is -2.64. The molecule has 2 aromatic carbocycles. The molecule has 6 rings (SSSR count). The van der Waals surface area contributed by atoms with E-state index in [1.807, 2.05) is 48.2 Å². The molecule has 0 radical (unpaired) electrons. The summed E-state index contributed by atoms with van der Waals surface area (Å²) in [5, 5.41) is 23.5. The molecule has 1 spiro atoms. The van der Waals surface area contributed by atoms with Gasteiger partial charge in [-0.3, -0.25) is 9.69 Å². The average molecular weight is 527 g/mol. The van der Waals surface area contributed by atoms with E-state index in [1.165, 1.54) is 0 Å². The van der Waals surface area contributed by atoms with E-state index in [-0.39, 0.29) is 29.7 Å². The molecule has 2 bridgehead atoms. The van der Waals surface area contributed by atoms with Crippen molar-refractivity contribution < 1.29 is 19.7 Å². The predicted molar refractivity (Wildman–Crippen MR) is 151 cm³/mol. The number of phenols is 1. The third-order valence-corrected chi connectivity index (χ3v) is 9.46. The first-order chi connectivity index (χ1) is 18.7. The third kappa shape index (κ3) is 3.82. The van der Waals surface area contributed by atoms with E-state index in [9.17, 15) is 15.0 Å². The number of aryl methyl sites for hydroxylation is 1. The standard InChI is InChI=1S/C33H38N2O4/c1-5-16-34-17-15-32-29-24-10-11-26(36)30(29)39-31(32)25(13-14-33(32,38)27(34)19-24)35(20-21(2)3)28(37)12-9-23-8-6-7-22(4)18-23/h5-8,10-11,18,21,25,27,31,36,38H,1,13-17,19-20H2,2-4H3/t25-,27+,31-,32-,33+/m0/s1. The maximum Gasteiger partial charge on any atom is 0.299 e. The van der Waals surface area contributed by atoms with Crippen LogP contribution in [0.1, 0.15) is 55.4 Å². The molecule has 0 unspecified atom stereocenters. The normalized spacial score (nSPS) is 30.1. The second-order valence-corrected chi connectivity index (χ2v) is 12.2. The number of nitrogens with zero attached hydrogens (tertiary/aromatic N) is 2. The Morgan fingerprint density at radius 2 is 2.13 bits per heavy atom. The van der Waals surface area contributed by atoms with E-state index in [1.54, 1.807) is 6.07 Å². The smallest absolute Gasteiger partial charge is 0.299 e. The van der Waals surface area contributed by atoms with E-state index in [4.69, 9.17) is 4.74 Å². The zero-order valence-electron chi connectivity index (χ0n) is 23.1. The SMILES string of the molecule is C=CCN1CC[C@]23c4c5ccc(O)c4O[C@H]2[C@@H](N(CC(C)C)C(=O)C#Cc2cccc(C)c2)CC[C@@]3(O)[C@H]1C5. The number of ether oxygens (including phenoxy) is 1. The zero-order chi connectivity index (χ0) is 27.5. The molecular formula is C33H38N2O4. The second-order valence-electron chi connectivity index (χ2n) is 12.2. The molecule has 1 saturated heterocycles. The van der Waals surface area contributed by atoms with Crippen LogP contribution < -0.4 is 4.74 Å². The highest BCUT2D eigenvalue weighted by molar-refractivity contribution is 5.94. The van der Waals surface area contributed by atoms with Gasteiger partial charge in [0.1, 0.15) is 6.10 Å².